The Morgan fingerprint density at radius 1 is 0.950 bits per heavy atom. The van der Waals surface area contributed by atoms with E-state index in [9.17, 15) is 18.0 Å². The number of halogens is 5. The molecule has 6 heteroatoms. The van der Waals surface area contributed by atoms with Gasteiger partial charge in [-0.1, -0.05) is 41.4 Å². The van der Waals surface area contributed by atoms with E-state index in [1.165, 1.54) is 30.3 Å². The summed E-state index contributed by atoms with van der Waals surface area (Å²) >= 11 is 11.6. The second-order valence-corrected chi connectivity index (χ2v) is 4.84. The third-order valence-electron chi connectivity index (χ3n) is 2.65. The van der Waals surface area contributed by atoms with Crippen LogP contribution in [0, 0.1) is 0 Å². The fourth-order valence-electron chi connectivity index (χ4n) is 1.75. The molecule has 2 aromatic carbocycles. The highest BCUT2D eigenvalue weighted by Crippen LogP contribution is 2.34. The summed E-state index contributed by atoms with van der Waals surface area (Å²) in [5.41, 5.74) is -1.45. The van der Waals surface area contributed by atoms with Crippen molar-refractivity contribution in [3.8, 4) is 0 Å². The first-order chi connectivity index (χ1) is 9.30. The summed E-state index contributed by atoms with van der Waals surface area (Å²) in [4.78, 5) is 12.2. The van der Waals surface area contributed by atoms with Gasteiger partial charge in [0.2, 0.25) is 0 Å². The van der Waals surface area contributed by atoms with Crippen molar-refractivity contribution in [3.63, 3.8) is 0 Å². The van der Waals surface area contributed by atoms with Gasteiger partial charge in [-0.15, -0.1) is 0 Å². The normalized spacial score (nSPS) is 11.4. The van der Waals surface area contributed by atoms with Crippen molar-refractivity contribution in [3.05, 3.63) is 69.2 Å². The van der Waals surface area contributed by atoms with Crippen molar-refractivity contribution in [1.29, 1.82) is 0 Å². The van der Waals surface area contributed by atoms with E-state index in [1.807, 2.05) is 0 Å². The summed E-state index contributed by atoms with van der Waals surface area (Å²) in [5.74, 6) is -0.792. The van der Waals surface area contributed by atoms with Crippen LogP contribution in [-0.4, -0.2) is 5.78 Å². The molecule has 0 aliphatic carbocycles. The van der Waals surface area contributed by atoms with Gasteiger partial charge in [-0.05, 0) is 24.3 Å². The van der Waals surface area contributed by atoms with Crippen LogP contribution in [0.1, 0.15) is 21.5 Å². The maximum Gasteiger partial charge on any atom is 0.417 e. The van der Waals surface area contributed by atoms with Gasteiger partial charge in [-0.3, -0.25) is 4.79 Å². The lowest BCUT2D eigenvalue weighted by atomic mass is 9.98. The highest BCUT2D eigenvalue weighted by molar-refractivity contribution is 6.37. The van der Waals surface area contributed by atoms with E-state index < -0.39 is 23.1 Å². The molecule has 0 unspecified atom stereocenters. The summed E-state index contributed by atoms with van der Waals surface area (Å²) in [5, 5.41) is 0.315. The fraction of sp³-hybridized carbons (Fsp3) is 0.0714. The lowest BCUT2D eigenvalue weighted by Crippen LogP contribution is -2.13. The van der Waals surface area contributed by atoms with Crippen LogP contribution in [0.4, 0.5) is 13.2 Å². The quantitative estimate of drug-likeness (QED) is 0.692. The average molecular weight is 319 g/mol. The summed E-state index contributed by atoms with van der Waals surface area (Å²) in [6, 6.07) is 8.59. The van der Waals surface area contributed by atoms with Crippen LogP contribution >= 0.6 is 23.2 Å². The van der Waals surface area contributed by atoms with Crippen molar-refractivity contribution in [2.75, 3.05) is 0 Å². The predicted molar refractivity (Wildman–Crippen MR) is 71.3 cm³/mol. The maximum absolute atomic E-state index is 12.9. The summed E-state index contributed by atoms with van der Waals surface area (Å²) in [7, 11) is 0. The van der Waals surface area contributed by atoms with Crippen molar-refractivity contribution in [1.82, 2.24) is 0 Å². The topological polar surface area (TPSA) is 17.1 Å². The Morgan fingerprint density at radius 2 is 1.60 bits per heavy atom. The van der Waals surface area contributed by atoms with Crippen molar-refractivity contribution in [2.24, 2.45) is 0 Å². The SMILES string of the molecule is O=C(c1ccc(Cl)cc1Cl)c1ccccc1C(F)(F)F. The van der Waals surface area contributed by atoms with Gasteiger partial charge in [0.1, 0.15) is 0 Å². The van der Waals surface area contributed by atoms with Gasteiger partial charge < -0.3 is 0 Å². The molecule has 0 saturated carbocycles. The molecule has 2 aromatic rings. The molecule has 0 atom stereocenters. The monoisotopic (exact) mass is 318 g/mol. The van der Waals surface area contributed by atoms with Crippen molar-refractivity contribution in [2.45, 2.75) is 6.18 Å². The molecule has 0 saturated heterocycles. The molecule has 0 fully saturated rings. The number of benzene rings is 2. The van der Waals surface area contributed by atoms with E-state index in [1.54, 1.807) is 0 Å². The molecule has 0 amide bonds. The first-order valence-electron chi connectivity index (χ1n) is 5.46. The Balaban J connectivity index is 2.55. The Hall–Kier alpha value is -1.52. The Labute approximate surface area is 122 Å². The molecular formula is C14H7Cl2F3O. The van der Waals surface area contributed by atoms with Gasteiger partial charge in [0.15, 0.2) is 5.78 Å². The highest BCUT2D eigenvalue weighted by Gasteiger charge is 2.35. The zero-order chi connectivity index (χ0) is 14.9. The summed E-state index contributed by atoms with van der Waals surface area (Å²) in [6.45, 7) is 0. The molecular weight excluding hydrogens is 312 g/mol. The van der Waals surface area contributed by atoms with E-state index in [-0.39, 0.29) is 10.6 Å². The van der Waals surface area contributed by atoms with E-state index >= 15 is 0 Å². The molecule has 0 heterocycles. The van der Waals surface area contributed by atoms with Gasteiger partial charge in [-0.25, -0.2) is 0 Å². The zero-order valence-corrected chi connectivity index (χ0v) is 11.4. The smallest absolute Gasteiger partial charge is 0.289 e. The standard InChI is InChI=1S/C14H7Cl2F3O/c15-8-5-6-10(12(16)7-8)13(20)9-3-1-2-4-11(9)14(17,18)19/h1-7H. The molecule has 0 aromatic heterocycles. The molecule has 20 heavy (non-hydrogen) atoms. The van der Waals surface area contributed by atoms with Crippen LogP contribution in [0.15, 0.2) is 42.5 Å². The van der Waals surface area contributed by atoms with Gasteiger partial charge in [-0.2, -0.15) is 13.2 Å². The minimum absolute atomic E-state index is 0.0134. The number of hydrogen-bond acceptors (Lipinski definition) is 1. The molecule has 1 nitrogen and oxygen atoms in total. The minimum atomic E-state index is -4.61. The Kier molecular flexibility index (Phi) is 4.06. The third kappa shape index (κ3) is 2.97. The van der Waals surface area contributed by atoms with Crippen LogP contribution in [0.3, 0.4) is 0 Å². The number of ketones is 1. The number of rotatable bonds is 2. The number of carbonyl (C=O) groups is 1. The van der Waals surface area contributed by atoms with Gasteiger partial charge in [0.25, 0.3) is 0 Å². The summed E-state index contributed by atoms with van der Waals surface area (Å²) < 4.78 is 38.6. The lowest BCUT2D eigenvalue weighted by molar-refractivity contribution is -0.137. The minimum Gasteiger partial charge on any atom is -0.289 e. The number of carbonyl (C=O) groups excluding carboxylic acids is 1. The number of alkyl halides is 3. The Morgan fingerprint density at radius 3 is 2.20 bits per heavy atom. The predicted octanol–water partition coefficient (Wildman–Crippen LogP) is 5.24. The second kappa shape index (κ2) is 5.46. The van der Waals surface area contributed by atoms with Gasteiger partial charge in [0, 0.05) is 16.1 Å². The first kappa shape index (κ1) is 14.9. The van der Waals surface area contributed by atoms with Crippen molar-refractivity contribution < 1.29 is 18.0 Å². The molecule has 2 rings (SSSR count). The Bertz CT molecular complexity index is 666. The molecule has 0 radical (unpaired) electrons. The maximum atomic E-state index is 12.9. The summed E-state index contributed by atoms with van der Waals surface area (Å²) in [6.07, 6.45) is -4.61. The number of hydrogen-bond donors (Lipinski definition) is 0. The largest absolute Gasteiger partial charge is 0.417 e. The second-order valence-electron chi connectivity index (χ2n) is 4.00. The lowest BCUT2D eigenvalue weighted by Gasteiger charge is -2.12. The van der Waals surface area contributed by atoms with Crippen LogP contribution in [-0.2, 0) is 6.18 Å². The van der Waals surface area contributed by atoms with Crippen LogP contribution in [0.25, 0.3) is 0 Å². The molecule has 0 bridgehead atoms. The first-order valence-corrected chi connectivity index (χ1v) is 6.22. The molecule has 0 N–H and O–H groups in total. The van der Waals surface area contributed by atoms with E-state index in [0.29, 0.717) is 5.02 Å². The van der Waals surface area contributed by atoms with Gasteiger partial charge in [0.05, 0.1) is 10.6 Å². The van der Waals surface area contributed by atoms with Crippen LogP contribution in [0.2, 0.25) is 10.0 Å². The molecule has 0 aliphatic heterocycles. The van der Waals surface area contributed by atoms with Crippen molar-refractivity contribution >= 4 is 29.0 Å². The molecule has 0 spiro atoms. The van der Waals surface area contributed by atoms with Gasteiger partial charge >= 0.3 is 6.18 Å². The fourth-order valence-corrected chi connectivity index (χ4v) is 2.24. The highest BCUT2D eigenvalue weighted by atomic mass is 35.5. The van der Waals surface area contributed by atoms with E-state index in [4.69, 9.17) is 23.2 Å². The van der Waals surface area contributed by atoms with E-state index in [2.05, 4.69) is 0 Å². The zero-order valence-electron chi connectivity index (χ0n) is 9.84. The average Bonchev–Trinajstić information content (AvgIpc) is 2.37. The van der Waals surface area contributed by atoms with Crippen LogP contribution in [0.5, 0.6) is 0 Å². The van der Waals surface area contributed by atoms with E-state index in [0.717, 1.165) is 12.1 Å². The molecule has 104 valence electrons. The third-order valence-corrected chi connectivity index (χ3v) is 3.20. The molecule has 0 aliphatic rings. The van der Waals surface area contributed by atoms with Crippen LogP contribution < -0.4 is 0 Å².